The smallest absolute Gasteiger partial charge is 0.306 e. The fourth-order valence-corrected chi connectivity index (χ4v) is 9.21. The highest BCUT2D eigenvalue weighted by Crippen LogP contribution is 2.16. The van der Waals surface area contributed by atoms with E-state index in [0.717, 1.165) is 148 Å². The molecule has 0 aromatic rings. The minimum absolute atomic E-state index is 0.0961. The predicted octanol–water partition coefficient (Wildman–Crippen LogP) is 23.9. The summed E-state index contributed by atoms with van der Waals surface area (Å²) in [5.41, 5.74) is 0. The number of hydrogen-bond acceptors (Lipinski definition) is 6. The number of rotatable bonds is 61. The van der Waals surface area contributed by atoms with Crippen LogP contribution < -0.4 is 0 Å². The molecule has 1 unspecified atom stereocenters. The Bertz CT molecular complexity index is 1800. The first-order chi connectivity index (χ1) is 41.0. The Morgan fingerprint density at radius 3 is 0.771 bits per heavy atom. The minimum Gasteiger partial charge on any atom is -0.462 e. The van der Waals surface area contributed by atoms with Gasteiger partial charge in [0, 0.05) is 19.3 Å². The summed E-state index contributed by atoms with van der Waals surface area (Å²) in [7, 11) is 0. The van der Waals surface area contributed by atoms with E-state index in [0.29, 0.717) is 19.3 Å². The van der Waals surface area contributed by atoms with Crippen molar-refractivity contribution in [2.75, 3.05) is 13.2 Å². The van der Waals surface area contributed by atoms with Gasteiger partial charge in [0.2, 0.25) is 0 Å². The van der Waals surface area contributed by atoms with E-state index in [9.17, 15) is 14.4 Å². The molecule has 0 aromatic carbocycles. The summed E-state index contributed by atoms with van der Waals surface area (Å²) in [4.78, 5) is 38.4. The number of hydrogen-bond donors (Lipinski definition) is 0. The fourth-order valence-electron chi connectivity index (χ4n) is 9.21. The zero-order valence-electron chi connectivity index (χ0n) is 53.9. The van der Waals surface area contributed by atoms with Gasteiger partial charge in [0.25, 0.3) is 0 Å². The number of ether oxygens (including phenoxy) is 3. The van der Waals surface area contributed by atoms with Gasteiger partial charge in [-0.1, -0.05) is 301 Å². The quantitative estimate of drug-likeness (QED) is 0.0261. The van der Waals surface area contributed by atoms with Gasteiger partial charge in [-0.05, 0) is 128 Å². The van der Waals surface area contributed by atoms with Crippen molar-refractivity contribution >= 4 is 17.9 Å². The van der Waals surface area contributed by atoms with Crippen LogP contribution in [-0.2, 0) is 28.6 Å². The van der Waals surface area contributed by atoms with E-state index in [1.54, 1.807) is 0 Å². The second kappa shape index (κ2) is 69.8. The summed E-state index contributed by atoms with van der Waals surface area (Å²) in [6, 6.07) is 0. The molecule has 6 nitrogen and oxygen atoms in total. The van der Waals surface area contributed by atoms with E-state index in [4.69, 9.17) is 14.2 Å². The Kier molecular flexibility index (Phi) is 65.8. The molecule has 0 radical (unpaired) electrons. The molecule has 83 heavy (non-hydrogen) atoms. The van der Waals surface area contributed by atoms with Crippen LogP contribution in [0.25, 0.3) is 0 Å². The molecule has 0 heterocycles. The Hall–Kier alpha value is -4.71. The summed E-state index contributed by atoms with van der Waals surface area (Å²) in [6.07, 6.45) is 100.0. The first-order valence-corrected chi connectivity index (χ1v) is 34.3. The summed E-state index contributed by atoms with van der Waals surface area (Å²) in [5.74, 6) is -0.938. The van der Waals surface area contributed by atoms with Crippen LogP contribution in [0, 0.1) is 0 Å². The maximum absolute atomic E-state index is 12.9. The van der Waals surface area contributed by atoms with Crippen LogP contribution in [0.2, 0.25) is 0 Å². The average molecular weight is 1150 g/mol. The monoisotopic (exact) mass is 1150 g/mol. The van der Waals surface area contributed by atoms with Crippen LogP contribution in [0.4, 0.5) is 0 Å². The highest BCUT2D eigenvalue weighted by atomic mass is 16.6. The lowest BCUT2D eigenvalue weighted by Crippen LogP contribution is -2.30. The van der Waals surface area contributed by atoms with Gasteiger partial charge in [0.05, 0.1) is 0 Å². The molecular weight excluding hydrogens is 1020 g/mol. The zero-order valence-corrected chi connectivity index (χ0v) is 53.9. The molecule has 0 fully saturated rings. The molecule has 0 rings (SSSR count). The minimum atomic E-state index is -0.805. The summed E-state index contributed by atoms with van der Waals surface area (Å²) in [5, 5.41) is 0. The van der Waals surface area contributed by atoms with Crippen LogP contribution >= 0.6 is 0 Å². The second-order valence-electron chi connectivity index (χ2n) is 22.4. The first kappa shape index (κ1) is 78.3. The SMILES string of the molecule is CC/C=C\C/C=C\C/C=C\C/C=C\C/C=C\C/C=C\C/C=C\C/C=C\C/C=C\CCCCCC(=O)OCC(COC(=O)CCCCCCCCCCCCCCCCC)OC(=O)CCCCCCCC/C=C\C/C=C\C/C=C\CCCCC. The lowest BCUT2D eigenvalue weighted by molar-refractivity contribution is -0.167. The fraction of sp³-hybridized carbons (Fsp3) is 0.649. The van der Waals surface area contributed by atoms with Gasteiger partial charge in [0.1, 0.15) is 13.2 Å². The van der Waals surface area contributed by atoms with Gasteiger partial charge in [-0.3, -0.25) is 14.4 Å². The van der Waals surface area contributed by atoms with E-state index in [1.807, 2.05) is 0 Å². The van der Waals surface area contributed by atoms with Gasteiger partial charge in [0.15, 0.2) is 6.10 Å². The third-order valence-corrected chi connectivity index (χ3v) is 14.3. The Labute approximate surface area is 512 Å². The van der Waals surface area contributed by atoms with Gasteiger partial charge in [-0.2, -0.15) is 0 Å². The molecule has 470 valence electrons. The van der Waals surface area contributed by atoms with E-state index in [-0.39, 0.29) is 31.1 Å². The number of carbonyl (C=O) groups excluding carboxylic acids is 3. The second-order valence-corrected chi connectivity index (χ2v) is 22.4. The number of unbranched alkanes of at least 4 members (excludes halogenated alkanes) is 26. The third-order valence-electron chi connectivity index (χ3n) is 14.3. The molecule has 0 aliphatic rings. The number of allylic oxidation sites excluding steroid dienone is 24. The Morgan fingerprint density at radius 1 is 0.253 bits per heavy atom. The predicted molar refractivity (Wildman–Crippen MR) is 362 cm³/mol. The van der Waals surface area contributed by atoms with E-state index in [2.05, 4.69) is 167 Å². The van der Waals surface area contributed by atoms with Crippen molar-refractivity contribution in [2.45, 2.75) is 309 Å². The molecular formula is C77H126O6. The molecule has 0 bridgehead atoms. The Balaban J connectivity index is 4.44. The van der Waals surface area contributed by atoms with E-state index >= 15 is 0 Å². The summed E-state index contributed by atoms with van der Waals surface area (Å²) >= 11 is 0. The molecule has 0 saturated carbocycles. The topological polar surface area (TPSA) is 78.9 Å². The first-order valence-electron chi connectivity index (χ1n) is 34.3. The van der Waals surface area contributed by atoms with Crippen LogP contribution in [0.3, 0.4) is 0 Å². The molecule has 1 atom stereocenters. The van der Waals surface area contributed by atoms with E-state index < -0.39 is 6.10 Å². The van der Waals surface area contributed by atoms with Gasteiger partial charge in [-0.15, -0.1) is 0 Å². The standard InChI is InChI=1S/C77H126O6/c1-4-7-10-13-16-19-22-25-28-30-32-33-34-35-36-37-38-39-40-41-42-43-45-46-49-52-55-58-61-64-67-70-76(79)82-73-74(72-81-75(78)69-66-63-60-57-54-51-48-27-24-21-18-15-12-9-6-3)83-77(80)71-68-65-62-59-56-53-50-47-44-31-29-26-23-20-17-14-11-8-5-2/h7,10,16-17,19-20,25-26,28-29,32-33,35-36,38-39,41-42,44-47,52,55,74H,4-6,8-9,11-15,18,21-24,27,30-31,34,37,40,43,48-51,53-54,56-73H2,1-3H3/b10-7-,19-16-,20-17-,28-25-,29-26-,33-32-,36-35-,39-38-,42-41-,46-45-,47-44-,55-52-. The van der Waals surface area contributed by atoms with E-state index in [1.165, 1.54) is 116 Å². The third kappa shape index (κ3) is 68.0. The average Bonchev–Trinajstić information content (AvgIpc) is 3.49. The molecule has 0 aliphatic heterocycles. The lowest BCUT2D eigenvalue weighted by Gasteiger charge is -2.18. The zero-order chi connectivity index (χ0) is 59.9. The molecule has 0 aliphatic carbocycles. The maximum Gasteiger partial charge on any atom is 0.306 e. The molecule has 0 aromatic heterocycles. The van der Waals surface area contributed by atoms with Crippen LogP contribution in [-0.4, -0.2) is 37.2 Å². The maximum atomic E-state index is 12.9. The van der Waals surface area contributed by atoms with Crippen molar-refractivity contribution in [3.8, 4) is 0 Å². The molecule has 6 heteroatoms. The largest absolute Gasteiger partial charge is 0.462 e. The van der Waals surface area contributed by atoms with Gasteiger partial charge < -0.3 is 14.2 Å². The van der Waals surface area contributed by atoms with Crippen molar-refractivity contribution in [1.82, 2.24) is 0 Å². The number of esters is 3. The lowest BCUT2D eigenvalue weighted by atomic mass is 10.0. The molecule has 0 N–H and O–H groups in total. The van der Waals surface area contributed by atoms with Crippen LogP contribution in [0.1, 0.15) is 303 Å². The van der Waals surface area contributed by atoms with Gasteiger partial charge >= 0.3 is 17.9 Å². The van der Waals surface area contributed by atoms with Crippen LogP contribution in [0.5, 0.6) is 0 Å². The van der Waals surface area contributed by atoms with Gasteiger partial charge in [-0.25, -0.2) is 0 Å². The van der Waals surface area contributed by atoms with Crippen molar-refractivity contribution in [3.05, 3.63) is 146 Å². The summed E-state index contributed by atoms with van der Waals surface area (Å²) < 4.78 is 16.9. The highest BCUT2D eigenvalue weighted by Gasteiger charge is 2.19. The van der Waals surface area contributed by atoms with Crippen molar-refractivity contribution < 1.29 is 28.6 Å². The molecule has 0 spiro atoms. The van der Waals surface area contributed by atoms with Crippen molar-refractivity contribution in [3.63, 3.8) is 0 Å². The normalized spacial score (nSPS) is 13.0. The Morgan fingerprint density at radius 2 is 0.470 bits per heavy atom. The summed E-state index contributed by atoms with van der Waals surface area (Å²) in [6.45, 7) is 6.48. The van der Waals surface area contributed by atoms with Crippen molar-refractivity contribution in [2.24, 2.45) is 0 Å². The molecule has 0 saturated heterocycles. The van der Waals surface area contributed by atoms with Crippen LogP contribution in [0.15, 0.2) is 146 Å². The highest BCUT2D eigenvalue weighted by molar-refractivity contribution is 5.71. The molecule has 0 amide bonds. The number of carbonyl (C=O) groups is 3. The van der Waals surface area contributed by atoms with Crippen molar-refractivity contribution in [1.29, 1.82) is 0 Å².